The summed E-state index contributed by atoms with van der Waals surface area (Å²) in [5.41, 5.74) is 0.0103. The van der Waals surface area contributed by atoms with Crippen LogP contribution < -0.4 is 4.74 Å². The lowest BCUT2D eigenvalue weighted by Crippen LogP contribution is -2.05. The maximum absolute atomic E-state index is 12.8. The van der Waals surface area contributed by atoms with Crippen molar-refractivity contribution in [1.29, 1.82) is 0 Å². The fourth-order valence-corrected chi connectivity index (χ4v) is 2.04. The first kappa shape index (κ1) is 15.1. The number of carbonyl (C=O) groups is 2. The number of carbonyl (C=O) groups excluding carboxylic acids is 2. The molecule has 1 aromatic heterocycles. The summed E-state index contributed by atoms with van der Waals surface area (Å²) >= 11 is 0. The molecule has 0 saturated carbocycles. The first-order valence-electron chi connectivity index (χ1n) is 6.16. The zero-order valence-corrected chi connectivity index (χ0v) is 11.1. The van der Waals surface area contributed by atoms with Crippen LogP contribution in [-0.4, -0.2) is 17.2 Å². The van der Waals surface area contributed by atoms with E-state index in [1.807, 2.05) is 0 Å². The fraction of sp³-hybridized carbons (Fsp3) is 0.286. The number of esters is 1. The molecule has 0 saturated heterocycles. The molecule has 0 atom stereocenters. The number of rotatable bonds is 4. The highest BCUT2D eigenvalue weighted by atomic mass is 19.4. The Balaban J connectivity index is 2.58. The van der Waals surface area contributed by atoms with Crippen molar-refractivity contribution in [2.75, 3.05) is 0 Å². The van der Waals surface area contributed by atoms with Crippen LogP contribution in [0.5, 0.6) is 5.75 Å². The molecular weight excluding hydrogens is 287 g/mol. The average molecular weight is 299 g/mol. The van der Waals surface area contributed by atoms with Crippen molar-refractivity contribution in [3.05, 3.63) is 29.5 Å². The number of ether oxygens (including phenoxy) is 1. The molecule has 0 aliphatic rings. The van der Waals surface area contributed by atoms with Crippen LogP contribution in [0.25, 0.3) is 10.9 Å². The summed E-state index contributed by atoms with van der Waals surface area (Å²) in [4.78, 5) is 24.5. The summed E-state index contributed by atoms with van der Waals surface area (Å²) in [6.07, 6.45) is -3.37. The highest BCUT2D eigenvalue weighted by molar-refractivity contribution is 5.90. The van der Waals surface area contributed by atoms with E-state index in [-0.39, 0.29) is 24.0 Å². The van der Waals surface area contributed by atoms with Gasteiger partial charge in [-0.3, -0.25) is 4.79 Å². The van der Waals surface area contributed by atoms with Crippen molar-refractivity contribution in [1.82, 2.24) is 4.98 Å². The summed E-state index contributed by atoms with van der Waals surface area (Å²) in [5.74, 6) is -0.592. The summed E-state index contributed by atoms with van der Waals surface area (Å²) < 4.78 is 43.3. The number of H-pyrrole nitrogens is 1. The van der Waals surface area contributed by atoms with Gasteiger partial charge in [0.2, 0.25) is 0 Å². The van der Waals surface area contributed by atoms with Gasteiger partial charge in [0.05, 0.1) is 11.3 Å². The second-order valence-electron chi connectivity index (χ2n) is 4.49. The van der Waals surface area contributed by atoms with E-state index < -0.39 is 17.7 Å². The predicted octanol–water partition coefficient (Wildman–Crippen LogP) is 3.24. The minimum atomic E-state index is -4.48. The van der Waals surface area contributed by atoms with Crippen molar-refractivity contribution < 1.29 is 27.5 Å². The lowest BCUT2D eigenvalue weighted by atomic mass is 10.1. The molecule has 1 heterocycles. The SMILES string of the molecule is CC(=O)Oc1c(CCC=O)[nH]c2ccc(C(F)(F)F)cc12. The number of aromatic nitrogens is 1. The smallest absolute Gasteiger partial charge is 0.416 e. The second kappa shape index (κ2) is 5.59. The number of aromatic amines is 1. The molecular formula is C14H12F3NO3. The van der Waals surface area contributed by atoms with Crippen molar-refractivity contribution in [3.8, 4) is 5.75 Å². The van der Waals surface area contributed by atoms with E-state index in [1.165, 1.54) is 6.07 Å². The van der Waals surface area contributed by atoms with Gasteiger partial charge in [-0.25, -0.2) is 0 Å². The lowest BCUT2D eigenvalue weighted by molar-refractivity contribution is -0.137. The monoisotopic (exact) mass is 299 g/mol. The molecule has 0 radical (unpaired) electrons. The van der Waals surface area contributed by atoms with Gasteiger partial charge in [-0.2, -0.15) is 13.2 Å². The Bertz CT molecular complexity index is 689. The van der Waals surface area contributed by atoms with Crippen LogP contribution in [0.15, 0.2) is 18.2 Å². The summed E-state index contributed by atoms with van der Waals surface area (Å²) in [6.45, 7) is 1.16. The Morgan fingerprint density at radius 3 is 2.67 bits per heavy atom. The molecule has 4 nitrogen and oxygen atoms in total. The van der Waals surface area contributed by atoms with E-state index in [0.29, 0.717) is 17.5 Å². The van der Waals surface area contributed by atoms with E-state index in [1.54, 1.807) is 0 Å². The normalized spacial score (nSPS) is 11.6. The molecule has 7 heteroatoms. The third-order valence-corrected chi connectivity index (χ3v) is 2.91. The molecule has 0 bridgehead atoms. The van der Waals surface area contributed by atoms with Gasteiger partial charge in [0, 0.05) is 24.2 Å². The third-order valence-electron chi connectivity index (χ3n) is 2.91. The fourth-order valence-electron chi connectivity index (χ4n) is 2.04. The molecule has 2 rings (SSSR count). The maximum Gasteiger partial charge on any atom is 0.416 e. The highest BCUT2D eigenvalue weighted by Gasteiger charge is 2.31. The second-order valence-corrected chi connectivity index (χ2v) is 4.49. The van der Waals surface area contributed by atoms with Gasteiger partial charge in [0.25, 0.3) is 0 Å². The first-order chi connectivity index (χ1) is 9.82. The van der Waals surface area contributed by atoms with Gasteiger partial charge >= 0.3 is 12.1 Å². The van der Waals surface area contributed by atoms with Crippen molar-refractivity contribution >= 4 is 23.2 Å². The van der Waals surface area contributed by atoms with Crippen molar-refractivity contribution in [2.24, 2.45) is 0 Å². The van der Waals surface area contributed by atoms with Gasteiger partial charge < -0.3 is 14.5 Å². The molecule has 0 unspecified atom stereocenters. The topological polar surface area (TPSA) is 59.2 Å². The van der Waals surface area contributed by atoms with Crippen LogP contribution in [0.1, 0.15) is 24.6 Å². The number of hydrogen-bond donors (Lipinski definition) is 1. The summed E-state index contributed by atoms with van der Waals surface area (Å²) in [5, 5.41) is 0.168. The number of aryl methyl sites for hydroxylation is 1. The van der Waals surface area contributed by atoms with Gasteiger partial charge in [-0.05, 0) is 24.6 Å². The summed E-state index contributed by atoms with van der Waals surface area (Å²) in [6, 6.07) is 3.14. The predicted molar refractivity (Wildman–Crippen MR) is 69.0 cm³/mol. The van der Waals surface area contributed by atoms with Crippen LogP contribution in [-0.2, 0) is 22.2 Å². The molecule has 0 amide bonds. The van der Waals surface area contributed by atoms with Crippen LogP contribution >= 0.6 is 0 Å². The number of fused-ring (bicyclic) bond motifs is 1. The largest absolute Gasteiger partial charge is 0.424 e. The van der Waals surface area contributed by atoms with Gasteiger partial charge in [-0.1, -0.05) is 0 Å². The number of hydrogen-bond acceptors (Lipinski definition) is 3. The zero-order valence-electron chi connectivity index (χ0n) is 11.1. The number of nitrogens with one attached hydrogen (secondary N) is 1. The lowest BCUT2D eigenvalue weighted by Gasteiger charge is -2.07. The van der Waals surface area contributed by atoms with Crippen LogP contribution in [0.3, 0.4) is 0 Å². The van der Waals surface area contributed by atoms with E-state index in [9.17, 15) is 22.8 Å². The van der Waals surface area contributed by atoms with Crippen LogP contribution in [0, 0.1) is 0 Å². The minimum absolute atomic E-state index is 0.0467. The van der Waals surface area contributed by atoms with Crippen LogP contribution in [0.2, 0.25) is 0 Å². The Labute approximate surface area is 117 Å². The molecule has 21 heavy (non-hydrogen) atoms. The molecule has 0 spiro atoms. The van der Waals surface area contributed by atoms with Gasteiger partial charge in [0.15, 0.2) is 5.75 Å². The number of halogens is 3. The molecule has 1 aromatic carbocycles. The third kappa shape index (κ3) is 3.24. The van der Waals surface area contributed by atoms with Crippen LogP contribution in [0.4, 0.5) is 13.2 Å². The number of aldehydes is 1. The Morgan fingerprint density at radius 2 is 2.10 bits per heavy atom. The summed E-state index contributed by atoms with van der Waals surface area (Å²) in [7, 11) is 0. The molecule has 0 aliphatic heterocycles. The first-order valence-corrected chi connectivity index (χ1v) is 6.16. The molecule has 112 valence electrons. The van der Waals surface area contributed by atoms with E-state index >= 15 is 0 Å². The number of alkyl halides is 3. The Morgan fingerprint density at radius 1 is 1.38 bits per heavy atom. The molecule has 1 N–H and O–H groups in total. The van der Waals surface area contributed by atoms with Crippen molar-refractivity contribution in [2.45, 2.75) is 25.9 Å². The van der Waals surface area contributed by atoms with Gasteiger partial charge in [0.1, 0.15) is 6.29 Å². The quantitative estimate of drug-likeness (QED) is 0.696. The molecule has 0 fully saturated rings. The van der Waals surface area contributed by atoms with E-state index in [4.69, 9.17) is 4.74 Å². The van der Waals surface area contributed by atoms with Crippen molar-refractivity contribution in [3.63, 3.8) is 0 Å². The van der Waals surface area contributed by atoms with E-state index in [2.05, 4.69) is 4.98 Å². The maximum atomic E-state index is 12.8. The number of benzene rings is 1. The Kier molecular flexibility index (Phi) is 4.02. The van der Waals surface area contributed by atoms with Gasteiger partial charge in [-0.15, -0.1) is 0 Å². The molecule has 2 aromatic rings. The zero-order chi connectivity index (χ0) is 15.6. The van der Waals surface area contributed by atoms with E-state index in [0.717, 1.165) is 19.1 Å². The average Bonchev–Trinajstić information content (AvgIpc) is 2.72. The molecule has 0 aliphatic carbocycles. The minimum Gasteiger partial charge on any atom is -0.424 e. The Hall–Kier alpha value is -2.31. The highest BCUT2D eigenvalue weighted by Crippen LogP contribution is 2.36. The standard InChI is InChI=1S/C14H12F3NO3/c1-8(20)21-13-10-7-9(14(15,16)17)4-5-11(10)18-12(13)3-2-6-19/h4-7,18H,2-3H2,1H3.